The summed E-state index contributed by atoms with van der Waals surface area (Å²) in [7, 11) is 8.30. The van der Waals surface area contributed by atoms with E-state index in [-0.39, 0.29) is 22.9 Å². The van der Waals surface area contributed by atoms with Crippen LogP contribution < -0.4 is 0 Å². The van der Waals surface area contributed by atoms with Crippen molar-refractivity contribution in [3.05, 3.63) is 0 Å². The van der Waals surface area contributed by atoms with Crippen LogP contribution in [0.1, 0.15) is 66.2 Å². The lowest BCUT2D eigenvalue weighted by Crippen LogP contribution is -2.45. The van der Waals surface area contributed by atoms with Crippen LogP contribution in [0.2, 0.25) is 0 Å². The molecule has 7 heteroatoms. The smallest absolute Gasteiger partial charge is 0.222 e. The van der Waals surface area contributed by atoms with Crippen molar-refractivity contribution >= 4 is 11.8 Å². The van der Waals surface area contributed by atoms with Gasteiger partial charge in [-0.2, -0.15) is 0 Å². The highest BCUT2D eigenvalue weighted by molar-refractivity contribution is 5.76. The number of rotatable bonds is 13. The van der Waals surface area contributed by atoms with Gasteiger partial charge in [-0.15, -0.1) is 0 Å². The third-order valence-electron chi connectivity index (χ3n) is 7.36. The molecule has 1 aliphatic rings. The molecule has 182 valence electrons. The molecule has 1 aliphatic heterocycles. The summed E-state index contributed by atoms with van der Waals surface area (Å²) in [5.74, 6) is 0.469. The minimum Gasteiger partial charge on any atom is -0.378 e. The van der Waals surface area contributed by atoms with Gasteiger partial charge < -0.3 is 24.3 Å². The van der Waals surface area contributed by atoms with Crippen LogP contribution in [0.3, 0.4) is 0 Å². The maximum atomic E-state index is 12.8. The van der Waals surface area contributed by atoms with Crippen LogP contribution in [0.5, 0.6) is 0 Å². The van der Waals surface area contributed by atoms with Crippen LogP contribution in [0.4, 0.5) is 0 Å². The number of ether oxygens (including phenoxy) is 1. The van der Waals surface area contributed by atoms with E-state index in [1.165, 1.54) is 0 Å². The van der Waals surface area contributed by atoms with Crippen LogP contribution in [-0.4, -0.2) is 110 Å². The lowest BCUT2D eigenvalue weighted by atomic mass is 9.88. The number of morpholine rings is 1. The molecule has 0 radical (unpaired) electrons. The average molecular weight is 441 g/mol. The van der Waals surface area contributed by atoms with Gasteiger partial charge >= 0.3 is 0 Å². The van der Waals surface area contributed by atoms with E-state index in [1.54, 1.807) is 0 Å². The van der Waals surface area contributed by atoms with Gasteiger partial charge in [-0.1, -0.05) is 0 Å². The zero-order valence-electron chi connectivity index (χ0n) is 21.5. The summed E-state index contributed by atoms with van der Waals surface area (Å²) in [5, 5.41) is 0. The molecule has 0 N–H and O–H groups in total. The SMILES string of the molecule is CCN(CCCC(C)(CCC(=O)N1CCOCC1)N(C)C)C(=O)CCC(C)(C)N(C)C. The van der Waals surface area contributed by atoms with Gasteiger partial charge in [0.25, 0.3) is 0 Å². The molecule has 0 aromatic heterocycles. The molecular formula is C24H48N4O3. The molecule has 2 amide bonds. The first-order chi connectivity index (χ1) is 14.4. The van der Waals surface area contributed by atoms with Gasteiger partial charge in [-0.3, -0.25) is 9.59 Å². The van der Waals surface area contributed by atoms with Crippen LogP contribution in [-0.2, 0) is 14.3 Å². The van der Waals surface area contributed by atoms with E-state index in [0.29, 0.717) is 39.1 Å². The highest BCUT2D eigenvalue weighted by Crippen LogP contribution is 2.26. The predicted molar refractivity (Wildman–Crippen MR) is 127 cm³/mol. The molecular weight excluding hydrogens is 392 g/mol. The molecule has 0 saturated carbocycles. The van der Waals surface area contributed by atoms with E-state index in [2.05, 4.69) is 65.7 Å². The Morgan fingerprint density at radius 2 is 1.52 bits per heavy atom. The number of hydrogen-bond acceptors (Lipinski definition) is 5. The minimum atomic E-state index is -0.0582. The van der Waals surface area contributed by atoms with Gasteiger partial charge in [0.15, 0.2) is 0 Å². The van der Waals surface area contributed by atoms with Crippen molar-refractivity contribution in [2.75, 3.05) is 67.6 Å². The first kappa shape index (κ1) is 27.9. The van der Waals surface area contributed by atoms with E-state index < -0.39 is 0 Å². The standard InChI is InChI=1S/C24H48N4O3/c1-9-27(21(29)11-14-23(2,3)25(5)6)16-10-13-24(4,26(7)8)15-12-22(30)28-17-19-31-20-18-28/h9-20H2,1-8H3. The van der Waals surface area contributed by atoms with Crippen molar-refractivity contribution in [2.45, 2.75) is 77.3 Å². The van der Waals surface area contributed by atoms with Gasteiger partial charge in [0.1, 0.15) is 0 Å². The molecule has 0 aromatic rings. The molecule has 0 spiro atoms. The molecule has 1 heterocycles. The number of carbonyl (C=O) groups excluding carboxylic acids is 2. The first-order valence-corrected chi connectivity index (χ1v) is 11.9. The van der Waals surface area contributed by atoms with Crippen molar-refractivity contribution < 1.29 is 14.3 Å². The zero-order valence-corrected chi connectivity index (χ0v) is 21.5. The van der Waals surface area contributed by atoms with Gasteiger partial charge in [-0.05, 0) is 81.6 Å². The summed E-state index contributed by atoms with van der Waals surface area (Å²) in [4.78, 5) is 33.7. The summed E-state index contributed by atoms with van der Waals surface area (Å²) < 4.78 is 5.35. The Labute approximate surface area is 191 Å². The van der Waals surface area contributed by atoms with Gasteiger partial charge in [0.2, 0.25) is 11.8 Å². The fraction of sp³-hybridized carbons (Fsp3) is 0.917. The lowest BCUT2D eigenvalue weighted by molar-refractivity contribution is -0.136. The maximum Gasteiger partial charge on any atom is 0.222 e. The topological polar surface area (TPSA) is 56.3 Å². The lowest BCUT2D eigenvalue weighted by Gasteiger charge is -2.38. The molecule has 1 atom stereocenters. The van der Waals surface area contributed by atoms with Crippen LogP contribution in [0.15, 0.2) is 0 Å². The molecule has 0 bridgehead atoms. The summed E-state index contributed by atoms with van der Waals surface area (Å²) in [6, 6.07) is 0. The fourth-order valence-electron chi connectivity index (χ4n) is 3.82. The Hall–Kier alpha value is -1.18. The van der Waals surface area contributed by atoms with Gasteiger partial charge in [0, 0.05) is 50.1 Å². The van der Waals surface area contributed by atoms with E-state index in [4.69, 9.17) is 4.74 Å². The monoisotopic (exact) mass is 440 g/mol. The highest BCUT2D eigenvalue weighted by atomic mass is 16.5. The quantitative estimate of drug-likeness (QED) is 0.441. The Morgan fingerprint density at radius 1 is 0.903 bits per heavy atom. The van der Waals surface area contributed by atoms with Crippen LogP contribution in [0.25, 0.3) is 0 Å². The van der Waals surface area contributed by atoms with Crippen LogP contribution >= 0.6 is 0 Å². The number of carbonyl (C=O) groups is 2. The van der Waals surface area contributed by atoms with Gasteiger partial charge in [0.05, 0.1) is 13.2 Å². The van der Waals surface area contributed by atoms with Crippen molar-refractivity contribution in [3.8, 4) is 0 Å². The molecule has 1 rings (SSSR count). The Kier molecular flexibility index (Phi) is 11.5. The second-order valence-electron chi connectivity index (χ2n) is 10.2. The fourth-order valence-corrected chi connectivity index (χ4v) is 3.82. The average Bonchev–Trinajstić information content (AvgIpc) is 2.73. The third-order valence-corrected chi connectivity index (χ3v) is 7.36. The predicted octanol–water partition coefficient (Wildman–Crippen LogP) is 2.69. The molecule has 1 saturated heterocycles. The van der Waals surface area contributed by atoms with Crippen molar-refractivity contribution in [1.29, 1.82) is 0 Å². The largest absolute Gasteiger partial charge is 0.378 e. The molecule has 0 aliphatic carbocycles. The summed E-state index contributed by atoms with van der Waals surface area (Å²) in [5.41, 5.74) is -0.0388. The van der Waals surface area contributed by atoms with E-state index >= 15 is 0 Å². The number of nitrogens with zero attached hydrogens (tertiary/aromatic N) is 4. The zero-order chi connectivity index (χ0) is 23.7. The van der Waals surface area contributed by atoms with Crippen molar-refractivity contribution in [1.82, 2.24) is 19.6 Å². The van der Waals surface area contributed by atoms with Crippen molar-refractivity contribution in [2.24, 2.45) is 0 Å². The molecule has 7 nitrogen and oxygen atoms in total. The summed E-state index contributed by atoms with van der Waals surface area (Å²) >= 11 is 0. The van der Waals surface area contributed by atoms with Gasteiger partial charge in [-0.25, -0.2) is 0 Å². The summed E-state index contributed by atoms with van der Waals surface area (Å²) in [6.07, 6.45) is 4.73. The van der Waals surface area contributed by atoms with E-state index in [0.717, 1.165) is 38.8 Å². The Balaban J connectivity index is 2.52. The number of hydrogen-bond donors (Lipinski definition) is 0. The Bertz CT molecular complexity index is 559. The number of amides is 2. The normalized spacial score (nSPS) is 17.2. The van der Waals surface area contributed by atoms with E-state index in [1.807, 2.05) is 9.80 Å². The minimum absolute atomic E-state index is 0.0194. The molecule has 1 fully saturated rings. The summed E-state index contributed by atoms with van der Waals surface area (Å²) in [6.45, 7) is 12.9. The first-order valence-electron chi connectivity index (χ1n) is 11.9. The highest BCUT2D eigenvalue weighted by Gasteiger charge is 2.29. The second-order valence-corrected chi connectivity index (χ2v) is 10.2. The molecule has 1 unspecified atom stereocenters. The van der Waals surface area contributed by atoms with Crippen LogP contribution in [0, 0.1) is 0 Å². The maximum absolute atomic E-state index is 12.8. The molecule has 0 aromatic carbocycles. The molecule has 31 heavy (non-hydrogen) atoms. The van der Waals surface area contributed by atoms with E-state index in [9.17, 15) is 9.59 Å². The second kappa shape index (κ2) is 12.8. The van der Waals surface area contributed by atoms with Crippen molar-refractivity contribution in [3.63, 3.8) is 0 Å². The third kappa shape index (κ3) is 9.07. The Morgan fingerprint density at radius 3 is 2.03 bits per heavy atom.